The third-order valence-corrected chi connectivity index (χ3v) is 8.90. The third-order valence-electron chi connectivity index (χ3n) is 8.90. The Morgan fingerprint density at radius 1 is 0.519 bits per heavy atom. The number of hydrogen-bond donors (Lipinski definition) is 12. The van der Waals surface area contributed by atoms with E-state index in [1.54, 1.807) is 0 Å². The van der Waals surface area contributed by atoms with Crippen molar-refractivity contribution in [2.75, 3.05) is 26.4 Å². The summed E-state index contributed by atoms with van der Waals surface area (Å²) in [5.41, 5.74) is 0. The Morgan fingerprint density at radius 2 is 0.904 bits per heavy atom. The molecule has 0 aromatic rings. The summed E-state index contributed by atoms with van der Waals surface area (Å²) in [6, 6.07) is -4.39. The molecule has 12 N–H and O–H groups in total. The number of aliphatic hydroxyl groups is 9. The lowest BCUT2D eigenvalue weighted by molar-refractivity contribution is -0.355. The first-order valence-corrected chi connectivity index (χ1v) is 16.6. The molecular weight excluding hydrogens is 706 g/mol. The van der Waals surface area contributed by atoms with Crippen LogP contribution in [-0.2, 0) is 47.5 Å². The lowest BCUT2D eigenvalue weighted by Gasteiger charge is -2.50. The topological polar surface area (TPSA) is 334 Å². The van der Waals surface area contributed by atoms with Crippen LogP contribution in [0.25, 0.3) is 0 Å². The van der Waals surface area contributed by atoms with E-state index in [4.69, 9.17) is 33.2 Å². The smallest absolute Gasteiger partial charge is 0.217 e. The van der Waals surface area contributed by atoms with E-state index in [2.05, 4.69) is 16.0 Å². The molecule has 0 aromatic carbocycles. The van der Waals surface area contributed by atoms with Gasteiger partial charge < -0.3 is 95.1 Å². The third kappa shape index (κ3) is 9.78. The second-order valence-corrected chi connectivity index (χ2v) is 12.8. The fourth-order valence-electron chi connectivity index (χ4n) is 6.44. The van der Waals surface area contributed by atoms with Crippen LogP contribution in [0.3, 0.4) is 0 Å². The largest absolute Gasteiger partial charge is 0.394 e. The highest BCUT2D eigenvalue weighted by Gasteiger charge is 2.55. The maximum atomic E-state index is 12.3. The number of hydrogen-bond acceptors (Lipinski definition) is 19. The number of rotatable bonds is 13. The Labute approximate surface area is 297 Å². The standard InChI is InChI=1S/C30H49N3O19/c1-10(38)31-19-23(43)22(42)15(7-35)48-29(19)51-27-17(9-37)50-30(21(25(27)45)33-12(3)40)52-26-16(8-36)49-28(20(24(26)44)32-11(2)39)47-13-4-5-18(41)46-14(13)6-34/h4-5,13-30,34-37,41-45H,6-9H2,1-3H3,(H,31,38)(H,32,39)(H,33,40)/t13-,14+,15+,16+,17+,18?,19+,20+,21+,22+,23+,24+,25+,26+,27+,28+,29-,30-/m0/s1. The van der Waals surface area contributed by atoms with E-state index in [0.29, 0.717) is 0 Å². The molecule has 0 aromatic heterocycles. The van der Waals surface area contributed by atoms with Crippen LogP contribution in [0.1, 0.15) is 20.8 Å². The van der Waals surface area contributed by atoms with Gasteiger partial charge in [-0.3, -0.25) is 14.4 Å². The van der Waals surface area contributed by atoms with Crippen LogP contribution in [0.4, 0.5) is 0 Å². The van der Waals surface area contributed by atoms with Crippen LogP contribution in [-0.4, -0.2) is 201 Å². The Balaban J connectivity index is 1.59. The number of carbonyl (C=O) groups is 3. The van der Waals surface area contributed by atoms with Crippen LogP contribution in [0.5, 0.6) is 0 Å². The average Bonchev–Trinajstić information content (AvgIpc) is 3.09. The van der Waals surface area contributed by atoms with Gasteiger partial charge in [0.25, 0.3) is 0 Å². The van der Waals surface area contributed by atoms with Gasteiger partial charge in [-0.05, 0) is 6.08 Å². The van der Waals surface area contributed by atoms with Crippen molar-refractivity contribution in [1.29, 1.82) is 0 Å². The van der Waals surface area contributed by atoms with Crippen molar-refractivity contribution in [1.82, 2.24) is 16.0 Å². The maximum absolute atomic E-state index is 12.3. The molecule has 3 fully saturated rings. The van der Waals surface area contributed by atoms with Crippen LogP contribution in [0, 0.1) is 0 Å². The Kier molecular flexibility index (Phi) is 15.2. The van der Waals surface area contributed by atoms with E-state index >= 15 is 0 Å². The minimum absolute atomic E-state index is 0.588. The minimum atomic E-state index is -1.82. The molecule has 4 rings (SSSR count). The monoisotopic (exact) mass is 755 g/mol. The molecule has 22 nitrogen and oxygen atoms in total. The predicted octanol–water partition coefficient (Wildman–Crippen LogP) is -7.48. The molecule has 4 heterocycles. The van der Waals surface area contributed by atoms with Crippen molar-refractivity contribution in [2.45, 2.75) is 131 Å². The summed E-state index contributed by atoms with van der Waals surface area (Å²) in [4.78, 5) is 36.4. The quantitative estimate of drug-likeness (QED) is 0.0777. The minimum Gasteiger partial charge on any atom is -0.394 e. The van der Waals surface area contributed by atoms with Gasteiger partial charge in [0.1, 0.15) is 85.3 Å². The van der Waals surface area contributed by atoms with E-state index in [9.17, 15) is 60.3 Å². The van der Waals surface area contributed by atoms with Crippen molar-refractivity contribution < 1.29 is 93.5 Å². The first-order chi connectivity index (χ1) is 24.6. The van der Waals surface area contributed by atoms with Crippen molar-refractivity contribution in [2.24, 2.45) is 0 Å². The lowest BCUT2D eigenvalue weighted by Crippen LogP contribution is -2.71. The zero-order valence-electron chi connectivity index (χ0n) is 28.5. The van der Waals surface area contributed by atoms with Crippen LogP contribution in [0.2, 0.25) is 0 Å². The predicted molar refractivity (Wildman–Crippen MR) is 166 cm³/mol. The van der Waals surface area contributed by atoms with E-state index in [-0.39, 0.29) is 0 Å². The molecule has 4 aliphatic heterocycles. The maximum Gasteiger partial charge on any atom is 0.217 e. The summed E-state index contributed by atoms with van der Waals surface area (Å²) in [5.74, 6) is -2.01. The summed E-state index contributed by atoms with van der Waals surface area (Å²) in [6.07, 6.45) is -20.1. The van der Waals surface area contributed by atoms with Crippen molar-refractivity contribution in [3.63, 3.8) is 0 Å². The molecule has 18 atom stereocenters. The number of nitrogens with one attached hydrogen (secondary N) is 3. The average molecular weight is 756 g/mol. The highest BCUT2D eigenvalue weighted by Crippen LogP contribution is 2.33. The second-order valence-electron chi connectivity index (χ2n) is 12.8. The van der Waals surface area contributed by atoms with Crippen molar-refractivity contribution >= 4 is 17.7 Å². The van der Waals surface area contributed by atoms with Gasteiger partial charge in [0.15, 0.2) is 25.2 Å². The fourth-order valence-corrected chi connectivity index (χ4v) is 6.44. The SMILES string of the molecule is CC(=O)N[C@H]1[C@H](O[C@H]2C=CC(O)O[C@@H]2CO)O[C@H](CO)[C@@H](O[C@@H]2O[C@H](CO)[C@@H](O[C@@H]3O[C@H](CO)[C@@H](O)[C@H](O)[C@H]3NC(C)=O)[C@H](O)[C@H]2NC(C)=O)[C@@H]1O. The molecule has 0 spiro atoms. The van der Waals surface area contributed by atoms with Gasteiger partial charge in [0, 0.05) is 20.8 Å². The molecule has 0 bridgehead atoms. The van der Waals surface area contributed by atoms with E-state index in [0.717, 1.165) is 20.8 Å². The van der Waals surface area contributed by atoms with Gasteiger partial charge in [-0.2, -0.15) is 0 Å². The molecule has 3 amide bonds. The Hall–Kier alpha value is -2.49. The summed E-state index contributed by atoms with van der Waals surface area (Å²) in [5, 5.41) is 101. The number of aliphatic hydroxyl groups excluding tert-OH is 9. The Morgan fingerprint density at radius 3 is 1.31 bits per heavy atom. The lowest BCUT2D eigenvalue weighted by atomic mass is 9.93. The van der Waals surface area contributed by atoms with Crippen LogP contribution >= 0.6 is 0 Å². The van der Waals surface area contributed by atoms with Gasteiger partial charge in [0.2, 0.25) is 17.7 Å². The zero-order chi connectivity index (χ0) is 38.4. The highest BCUT2D eigenvalue weighted by atomic mass is 16.8. The molecule has 1 unspecified atom stereocenters. The zero-order valence-corrected chi connectivity index (χ0v) is 28.5. The molecule has 0 aliphatic carbocycles. The molecule has 3 saturated heterocycles. The van der Waals surface area contributed by atoms with E-state index < -0.39 is 155 Å². The van der Waals surface area contributed by atoms with E-state index in [1.807, 2.05) is 0 Å². The van der Waals surface area contributed by atoms with Gasteiger partial charge in [-0.25, -0.2) is 0 Å². The van der Waals surface area contributed by atoms with Gasteiger partial charge >= 0.3 is 0 Å². The summed E-state index contributed by atoms with van der Waals surface area (Å²) < 4.78 is 40.5. The van der Waals surface area contributed by atoms with E-state index in [1.165, 1.54) is 12.2 Å². The van der Waals surface area contributed by atoms with Crippen LogP contribution in [0.15, 0.2) is 12.2 Å². The molecular formula is C30H49N3O19. The number of amides is 3. The second kappa shape index (κ2) is 18.7. The fraction of sp³-hybridized carbons (Fsp3) is 0.833. The number of carbonyl (C=O) groups excluding carboxylic acids is 3. The summed E-state index contributed by atoms with van der Waals surface area (Å²) in [7, 11) is 0. The van der Waals surface area contributed by atoms with Gasteiger partial charge in [-0.1, -0.05) is 6.08 Å². The van der Waals surface area contributed by atoms with Crippen molar-refractivity contribution in [3.05, 3.63) is 12.2 Å². The van der Waals surface area contributed by atoms with Gasteiger partial charge in [0.05, 0.1) is 26.4 Å². The van der Waals surface area contributed by atoms with Crippen molar-refractivity contribution in [3.8, 4) is 0 Å². The molecule has 52 heavy (non-hydrogen) atoms. The summed E-state index contributed by atoms with van der Waals surface area (Å²) >= 11 is 0. The summed E-state index contributed by atoms with van der Waals surface area (Å²) in [6.45, 7) is 0.317. The molecule has 22 heteroatoms. The molecule has 4 aliphatic rings. The Bertz CT molecular complexity index is 1230. The number of ether oxygens (including phenoxy) is 7. The molecule has 298 valence electrons. The first-order valence-electron chi connectivity index (χ1n) is 16.6. The van der Waals surface area contributed by atoms with Gasteiger partial charge in [-0.15, -0.1) is 0 Å². The molecule has 0 saturated carbocycles. The normalized spacial score (nSPS) is 43.8. The molecule has 0 radical (unpaired) electrons. The van der Waals surface area contributed by atoms with Crippen LogP contribution < -0.4 is 16.0 Å². The first kappa shape index (κ1) is 42.3. The highest BCUT2D eigenvalue weighted by molar-refractivity contribution is 5.74.